The van der Waals surface area contributed by atoms with Crippen molar-refractivity contribution in [2.75, 3.05) is 5.32 Å². The molecule has 0 heterocycles. The largest absolute Gasteiger partial charge is 0.449 e. The molecule has 0 aliphatic heterocycles. The van der Waals surface area contributed by atoms with Crippen LogP contribution in [0.1, 0.15) is 28.4 Å². The summed E-state index contributed by atoms with van der Waals surface area (Å²) in [7, 11) is 0. The first kappa shape index (κ1) is 20.3. The molecule has 9 heteroatoms. The van der Waals surface area contributed by atoms with Gasteiger partial charge in [0.25, 0.3) is 5.91 Å². The van der Waals surface area contributed by atoms with Crippen LogP contribution in [-0.2, 0) is 15.7 Å². The summed E-state index contributed by atoms with van der Waals surface area (Å²) in [5, 5.41) is 10.8. The summed E-state index contributed by atoms with van der Waals surface area (Å²) in [5.41, 5.74) is -1.37. The molecule has 2 rings (SSSR count). The molecular weight excluding hydrogens is 385 g/mol. The lowest BCUT2D eigenvalue weighted by atomic mass is 10.1. The van der Waals surface area contributed by atoms with Crippen molar-refractivity contribution in [3.8, 4) is 6.07 Å². The van der Waals surface area contributed by atoms with Crippen molar-refractivity contribution in [3.63, 3.8) is 0 Å². The van der Waals surface area contributed by atoms with Gasteiger partial charge in [0.05, 0.1) is 28.4 Å². The van der Waals surface area contributed by atoms with E-state index in [4.69, 9.17) is 21.6 Å². The van der Waals surface area contributed by atoms with Crippen molar-refractivity contribution in [3.05, 3.63) is 64.2 Å². The van der Waals surface area contributed by atoms with Crippen molar-refractivity contribution in [2.45, 2.75) is 19.2 Å². The molecule has 0 aliphatic rings. The summed E-state index contributed by atoms with van der Waals surface area (Å²) in [6.07, 6.45) is -6.11. The molecule has 0 spiro atoms. The molecule has 140 valence electrons. The van der Waals surface area contributed by atoms with E-state index in [1.165, 1.54) is 37.3 Å². The second-order valence-electron chi connectivity index (χ2n) is 5.42. The smallest absolute Gasteiger partial charge is 0.418 e. The molecule has 0 aliphatic carbocycles. The van der Waals surface area contributed by atoms with E-state index in [2.05, 4.69) is 5.32 Å². The van der Waals surface area contributed by atoms with Gasteiger partial charge in [-0.15, -0.1) is 0 Å². The van der Waals surface area contributed by atoms with E-state index in [-0.39, 0.29) is 16.1 Å². The van der Waals surface area contributed by atoms with E-state index in [9.17, 15) is 22.8 Å². The van der Waals surface area contributed by atoms with Gasteiger partial charge in [0, 0.05) is 5.02 Å². The summed E-state index contributed by atoms with van der Waals surface area (Å²) < 4.78 is 44.1. The van der Waals surface area contributed by atoms with Crippen molar-refractivity contribution in [2.24, 2.45) is 0 Å². The van der Waals surface area contributed by atoms with Gasteiger partial charge in [-0.1, -0.05) is 17.7 Å². The van der Waals surface area contributed by atoms with E-state index in [0.717, 1.165) is 6.07 Å². The Balaban J connectivity index is 2.12. The Morgan fingerprint density at radius 2 is 1.93 bits per heavy atom. The summed E-state index contributed by atoms with van der Waals surface area (Å²) in [6.45, 7) is 1.21. The summed E-state index contributed by atoms with van der Waals surface area (Å²) in [5.74, 6) is -1.84. The first-order valence-corrected chi connectivity index (χ1v) is 7.88. The van der Waals surface area contributed by atoms with Gasteiger partial charge >= 0.3 is 12.1 Å². The molecule has 1 atom stereocenters. The predicted molar refractivity (Wildman–Crippen MR) is 91.1 cm³/mol. The van der Waals surface area contributed by atoms with Crippen LogP contribution in [-0.4, -0.2) is 18.0 Å². The number of ether oxygens (including phenoxy) is 1. The number of nitrogens with one attached hydrogen (secondary N) is 1. The number of halogens is 4. The maximum absolute atomic E-state index is 13.1. The van der Waals surface area contributed by atoms with Crippen LogP contribution < -0.4 is 5.32 Å². The van der Waals surface area contributed by atoms with Gasteiger partial charge in [-0.3, -0.25) is 4.79 Å². The minimum absolute atomic E-state index is 0.0381. The fourth-order valence-electron chi connectivity index (χ4n) is 2.09. The minimum Gasteiger partial charge on any atom is -0.449 e. The second-order valence-corrected chi connectivity index (χ2v) is 5.85. The van der Waals surface area contributed by atoms with Crippen LogP contribution in [0, 0.1) is 11.3 Å². The quantitative estimate of drug-likeness (QED) is 0.776. The first-order chi connectivity index (χ1) is 12.6. The number of esters is 1. The molecule has 0 aromatic heterocycles. The zero-order chi connectivity index (χ0) is 20.2. The number of nitrogens with zero attached hydrogens (tertiary/aromatic N) is 1. The lowest BCUT2D eigenvalue weighted by Crippen LogP contribution is -2.30. The number of benzene rings is 2. The van der Waals surface area contributed by atoms with Gasteiger partial charge in [0.1, 0.15) is 0 Å². The Labute approximate surface area is 157 Å². The average Bonchev–Trinajstić information content (AvgIpc) is 2.62. The number of alkyl halides is 3. The van der Waals surface area contributed by atoms with Crippen LogP contribution in [0.5, 0.6) is 0 Å². The molecule has 1 N–H and O–H groups in total. The van der Waals surface area contributed by atoms with E-state index in [1.807, 2.05) is 6.07 Å². The maximum Gasteiger partial charge on any atom is 0.418 e. The van der Waals surface area contributed by atoms with Crippen LogP contribution in [0.3, 0.4) is 0 Å². The molecule has 2 aromatic carbocycles. The molecule has 5 nitrogen and oxygen atoms in total. The SMILES string of the molecule is C[C@@H](OC(=O)c1cccc(C#N)c1)C(=O)Nc1ccc(Cl)cc1C(F)(F)F. The van der Waals surface area contributed by atoms with Crippen LogP contribution >= 0.6 is 11.6 Å². The topological polar surface area (TPSA) is 79.2 Å². The number of hydrogen-bond acceptors (Lipinski definition) is 4. The highest BCUT2D eigenvalue weighted by Gasteiger charge is 2.34. The number of amides is 1. The second kappa shape index (κ2) is 8.10. The van der Waals surface area contributed by atoms with Gasteiger partial charge in [-0.25, -0.2) is 4.79 Å². The van der Waals surface area contributed by atoms with Crippen molar-refractivity contribution < 1.29 is 27.5 Å². The molecule has 27 heavy (non-hydrogen) atoms. The van der Waals surface area contributed by atoms with Gasteiger partial charge in [-0.05, 0) is 43.3 Å². The Hall–Kier alpha value is -3.05. The normalized spacial score (nSPS) is 12.0. The molecule has 0 unspecified atom stereocenters. The van der Waals surface area contributed by atoms with Gasteiger partial charge < -0.3 is 10.1 Å². The van der Waals surface area contributed by atoms with Crippen LogP contribution in [0.4, 0.5) is 18.9 Å². The number of nitriles is 1. The number of carbonyl (C=O) groups is 2. The van der Waals surface area contributed by atoms with Gasteiger partial charge in [-0.2, -0.15) is 18.4 Å². The standard InChI is InChI=1S/C18H12ClF3N2O3/c1-10(27-17(26)12-4-2-3-11(7-12)9-23)16(25)24-15-6-5-13(19)8-14(15)18(20,21)22/h2-8,10H,1H3,(H,24,25)/t10-/m1/s1. The van der Waals surface area contributed by atoms with Crippen LogP contribution in [0.25, 0.3) is 0 Å². The Bertz CT molecular complexity index is 923. The zero-order valence-electron chi connectivity index (χ0n) is 13.8. The van der Waals surface area contributed by atoms with Crippen LogP contribution in [0.15, 0.2) is 42.5 Å². The lowest BCUT2D eigenvalue weighted by molar-refractivity contribution is -0.137. The molecule has 0 saturated heterocycles. The Morgan fingerprint density at radius 3 is 2.56 bits per heavy atom. The monoisotopic (exact) mass is 396 g/mol. The zero-order valence-corrected chi connectivity index (χ0v) is 14.6. The molecule has 0 radical (unpaired) electrons. The van der Waals surface area contributed by atoms with Crippen molar-refractivity contribution in [1.82, 2.24) is 0 Å². The molecule has 1 amide bonds. The molecule has 0 bridgehead atoms. The highest BCUT2D eigenvalue weighted by Crippen LogP contribution is 2.36. The Kier molecular flexibility index (Phi) is 6.08. The van der Waals surface area contributed by atoms with E-state index < -0.39 is 35.4 Å². The van der Waals surface area contributed by atoms with Crippen molar-refractivity contribution in [1.29, 1.82) is 5.26 Å². The molecule has 0 saturated carbocycles. The minimum atomic E-state index is -4.73. The average molecular weight is 397 g/mol. The number of hydrogen-bond donors (Lipinski definition) is 1. The highest BCUT2D eigenvalue weighted by molar-refractivity contribution is 6.30. The molecule has 2 aromatic rings. The molecule has 0 fully saturated rings. The van der Waals surface area contributed by atoms with Gasteiger partial charge in [0.15, 0.2) is 6.10 Å². The summed E-state index contributed by atoms with van der Waals surface area (Å²) in [6, 6.07) is 10.3. The van der Waals surface area contributed by atoms with Crippen LogP contribution in [0.2, 0.25) is 5.02 Å². The predicted octanol–water partition coefficient (Wildman–Crippen LogP) is 4.41. The molecular formula is C18H12ClF3N2O3. The third-order valence-corrected chi connectivity index (χ3v) is 3.66. The van der Waals surface area contributed by atoms with E-state index >= 15 is 0 Å². The third-order valence-electron chi connectivity index (χ3n) is 3.43. The number of carbonyl (C=O) groups excluding carboxylic acids is 2. The number of anilines is 1. The fourth-order valence-corrected chi connectivity index (χ4v) is 2.26. The lowest BCUT2D eigenvalue weighted by Gasteiger charge is -2.17. The maximum atomic E-state index is 13.1. The fraction of sp³-hybridized carbons (Fsp3) is 0.167. The summed E-state index contributed by atoms with van der Waals surface area (Å²) >= 11 is 5.58. The van der Waals surface area contributed by atoms with Gasteiger partial charge in [0.2, 0.25) is 0 Å². The third kappa shape index (κ3) is 5.21. The first-order valence-electron chi connectivity index (χ1n) is 7.50. The van der Waals surface area contributed by atoms with E-state index in [1.54, 1.807) is 0 Å². The van der Waals surface area contributed by atoms with E-state index in [0.29, 0.717) is 6.07 Å². The van der Waals surface area contributed by atoms with Crippen molar-refractivity contribution >= 4 is 29.2 Å². The summed E-state index contributed by atoms with van der Waals surface area (Å²) in [4.78, 5) is 24.2. The highest BCUT2D eigenvalue weighted by atomic mass is 35.5. The Morgan fingerprint density at radius 1 is 1.22 bits per heavy atom. The number of rotatable bonds is 4.